The molecule has 0 atom stereocenters. The molecule has 1 aliphatic rings. The van der Waals surface area contributed by atoms with E-state index in [0.29, 0.717) is 6.54 Å². The number of hydrogen-bond donors (Lipinski definition) is 2. The summed E-state index contributed by atoms with van der Waals surface area (Å²) in [6.45, 7) is 1.40. The molecule has 0 unspecified atom stereocenters. The van der Waals surface area contributed by atoms with Gasteiger partial charge in [0.05, 0.1) is 19.4 Å². The van der Waals surface area contributed by atoms with Crippen LogP contribution in [0.25, 0.3) is 0 Å². The molecule has 0 radical (unpaired) electrons. The summed E-state index contributed by atoms with van der Waals surface area (Å²) >= 11 is 0. The van der Waals surface area contributed by atoms with Crippen LogP contribution in [0, 0.1) is 0 Å². The first-order chi connectivity index (χ1) is 13.7. The molecule has 8 heteroatoms. The van der Waals surface area contributed by atoms with Crippen molar-refractivity contribution in [3.8, 4) is 11.5 Å². The van der Waals surface area contributed by atoms with Crippen LogP contribution in [0.5, 0.6) is 11.5 Å². The fraction of sp³-hybridized carbons (Fsp3) is 0.524. The molecule has 0 amide bonds. The van der Waals surface area contributed by atoms with Crippen molar-refractivity contribution < 1.29 is 9.47 Å². The molecule has 0 bridgehead atoms. The minimum absolute atomic E-state index is 0. The normalized spacial score (nSPS) is 14.4. The first-order valence-electron chi connectivity index (χ1n) is 9.94. The Morgan fingerprint density at radius 2 is 2.07 bits per heavy atom. The van der Waals surface area contributed by atoms with Gasteiger partial charge in [-0.3, -0.25) is 9.67 Å². The molecule has 0 spiro atoms. The van der Waals surface area contributed by atoms with Crippen LogP contribution in [0.1, 0.15) is 36.8 Å². The summed E-state index contributed by atoms with van der Waals surface area (Å²) in [4.78, 5) is 4.32. The summed E-state index contributed by atoms with van der Waals surface area (Å²) in [5.41, 5.74) is 2.27. The second-order valence-corrected chi connectivity index (χ2v) is 7.10. The summed E-state index contributed by atoms with van der Waals surface area (Å²) in [5.74, 6) is 2.39. The van der Waals surface area contributed by atoms with Crippen molar-refractivity contribution in [1.29, 1.82) is 0 Å². The fourth-order valence-electron chi connectivity index (χ4n) is 3.49. The van der Waals surface area contributed by atoms with E-state index in [-0.39, 0.29) is 30.1 Å². The Bertz CT molecular complexity index is 787. The minimum atomic E-state index is 0. The molecule has 1 saturated carbocycles. The minimum Gasteiger partial charge on any atom is -0.493 e. The van der Waals surface area contributed by atoms with Gasteiger partial charge in [0.1, 0.15) is 0 Å². The molecule has 1 aromatic heterocycles. The van der Waals surface area contributed by atoms with E-state index in [9.17, 15) is 0 Å². The van der Waals surface area contributed by atoms with Crippen LogP contribution in [0.3, 0.4) is 0 Å². The molecule has 2 aromatic rings. The van der Waals surface area contributed by atoms with Gasteiger partial charge in [0.15, 0.2) is 17.5 Å². The average Bonchev–Trinajstić information content (AvgIpc) is 3.37. The molecule has 1 aromatic carbocycles. The van der Waals surface area contributed by atoms with Gasteiger partial charge in [0.25, 0.3) is 0 Å². The van der Waals surface area contributed by atoms with E-state index in [1.165, 1.54) is 18.4 Å². The van der Waals surface area contributed by atoms with E-state index < -0.39 is 0 Å². The topological polar surface area (TPSA) is 72.7 Å². The Labute approximate surface area is 190 Å². The van der Waals surface area contributed by atoms with Gasteiger partial charge in [-0.2, -0.15) is 5.10 Å². The number of benzene rings is 1. The molecule has 160 valence electrons. The van der Waals surface area contributed by atoms with Gasteiger partial charge in [-0.15, -0.1) is 24.0 Å². The van der Waals surface area contributed by atoms with E-state index in [1.54, 1.807) is 14.2 Å². The molecular weight excluding hydrogens is 481 g/mol. The Morgan fingerprint density at radius 1 is 1.28 bits per heavy atom. The van der Waals surface area contributed by atoms with Crippen molar-refractivity contribution in [1.82, 2.24) is 20.4 Å². The highest BCUT2D eigenvalue weighted by Crippen LogP contribution is 2.34. The van der Waals surface area contributed by atoms with Crippen LogP contribution >= 0.6 is 24.0 Å². The Balaban J connectivity index is 0.00000300. The number of para-hydroxylation sites is 1. The van der Waals surface area contributed by atoms with E-state index in [4.69, 9.17) is 9.47 Å². The smallest absolute Gasteiger partial charge is 0.191 e. The number of nitrogens with zero attached hydrogens (tertiary/aromatic N) is 3. The zero-order chi connectivity index (χ0) is 19.8. The van der Waals surface area contributed by atoms with Crippen molar-refractivity contribution >= 4 is 29.9 Å². The van der Waals surface area contributed by atoms with Gasteiger partial charge in [-0.1, -0.05) is 12.1 Å². The summed E-state index contributed by atoms with van der Waals surface area (Å²) in [5, 5.41) is 10.9. The van der Waals surface area contributed by atoms with Crippen LogP contribution in [-0.2, 0) is 20.0 Å². The standard InChI is InChI=1S/C21H31N5O2.HI/c1-22-21(23-12-11-16-13-25-26(2)15-16)24-14-17-7-6-10-19(27-3)20(17)28-18-8-4-5-9-18;/h6-7,10,13,15,18H,4-5,8-9,11-12,14H2,1-3H3,(H2,22,23,24);1H. The highest BCUT2D eigenvalue weighted by molar-refractivity contribution is 14.0. The van der Waals surface area contributed by atoms with E-state index in [1.807, 2.05) is 36.3 Å². The quantitative estimate of drug-likeness (QED) is 0.322. The second-order valence-electron chi connectivity index (χ2n) is 7.10. The van der Waals surface area contributed by atoms with Gasteiger partial charge in [0, 0.05) is 38.9 Å². The predicted molar refractivity (Wildman–Crippen MR) is 126 cm³/mol. The molecule has 0 saturated heterocycles. The Hall–Kier alpha value is -1.97. The zero-order valence-electron chi connectivity index (χ0n) is 17.5. The van der Waals surface area contributed by atoms with Crippen LogP contribution in [0.4, 0.5) is 0 Å². The molecule has 7 nitrogen and oxygen atoms in total. The number of aliphatic imine (C=N–C) groups is 1. The monoisotopic (exact) mass is 513 g/mol. The fourth-order valence-corrected chi connectivity index (χ4v) is 3.49. The molecule has 1 heterocycles. The largest absolute Gasteiger partial charge is 0.493 e. The molecule has 3 rings (SSSR count). The van der Waals surface area contributed by atoms with E-state index >= 15 is 0 Å². The van der Waals surface area contributed by atoms with Crippen LogP contribution < -0.4 is 20.1 Å². The number of guanidine groups is 1. The third-order valence-electron chi connectivity index (χ3n) is 5.00. The van der Waals surface area contributed by atoms with Gasteiger partial charge in [0.2, 0.25) is 0 Å². The molecule has 29 heavy (non-hydrogen) atoms. The molecule has 2 N–H and O–H groups in total. The van der Waals surface area contributed by atoms with Gasteiger partial charge >= 0.3 is 0 Å². The van der Waals surface area contributed by atoms with Crippen molar-refractivity contribution in [2.45, 2.75) is 44.8 Å². The third-order valence-corrected chi connectivity index (χ3v) is 5.00. The molecule has 1 fully saturated rings. The van der Waals surface area contributed by atoms with E-state index in [0.717, 1.165) is 48.8 Å². The van der Waals surface area contributed by atoms with Gasteiger partial charge in [-0.05, 0) is 43.7 Å². The third kappa shape index (κ3) is 6.80. The number of rotatable bonds is 8. The number of methoxy groups -OCH3 is 1. The number of aromatic nitrogens is 2. The highest BCUT2D eigenvalue weighted by Gasteiger charge is 2.20. The maximum absolute atomic E-state index is 6.30. The molecule has 1 aliphatic carbocycles. The Kier molecular flexibility index (Phi) is 9.56. The lowest BCUT2D eigenvalue weighted by Gasteiger charge is -2.20. The highest BCUT2D eigenvalue weighted by atomic mass is 127. The number of ether oxygens (including phenoxy) is 2. The van der Waals surface area contributed by atoms with Crippen LogP contribution in [-0.4, -0.2) is 42.5 Å². The summed E-state index contributed by atoms with van der Waals surface area (Å²) in [7, 11) is 5.39. The van der Waals surface area contributed by atoms with Crippen LogP contribution in [0.2, 0.25) is 0 Å². The van der Waals surface area contributed by atoms with Crippen molar-refractivity contribution in [2.24, 2.45) is 12.0 Å². The number of aryl methyl sites for hydroxylation is 1. The maximum Gasteiger partial charge on any atom is 0.191 e. The molecule has 0 aliphatic heterocycles. The summed E-state index contributed by atoms with van der Waals surface area (Å²) < 4.78 is 13.7. The first kappa shape index (κ1) is 23.3. The van der Waals surface area contributed by atoms with Crippen molar-refractivity contribution in [3.05, 3.63) is 41.7 Å². The zero-order valence-corrected chi connectivity index (χ0v) is 19.8. The predicted octanol–water partition coefficient (Wildman–Crippen LogP) is 3.28. The number of nitrogens with one attached hydrogen (secondary N) is 2. The molecular formula is C21H32IN5O2. The first-order valence-corrected chi connectivity index (χ1v) is 9.94. The van der Waals surface area contributed by atoms with Gasteiger partial charge < -0.3 is 20.1 Å². The maximum atomic E-state index is 6.30. The average molecular weight is 513 g/mol. The van der Waals surface area contributed by atoms with E-state index in [2.05, 4.69) is 26.8 Å². The lowest BCUT2D eigenvalue weighted by Crippen LogP contribution is -2.38. The summed E-state index contributed by atoms with van der Waals surface area (Å²) in [6, 6.07) is 6.02. The lowest BCUT2D eigenvalue weighted by molar-refractivity contribution is 0.198. The lowest BCUT2D eigenvalue weighted by atomic mass is 10.1. The Morgan fingerprint density at radius 3 is 2.72 bits per heavy atom. The van der Waals surface area contributed by atoms with Gasteiger partial charge in [-0.25, -0.2) is 0 Å². The van der Waals surface area contributed by atoms with Crippen molar-refractivity contribution in [3.63, 3.8) is 0 Å². The number of halogens is 1. The van der Waals surface area contributed by atoms with Crippen LogP contribution in [0.15, 0.2) is 35.6 Å². The van der Waals surface area contributed by atoms with Crippen molar-refractivity contribution in [2.75, 3.05) is 20.7 Å². The number of hydrogen-bond acceptors (Lipinski definition) is 4. The second kappa shape index (κ2) is 11.9. The summed E-state index contributed by atoms with van der Waals surface area (Å²) in [6.07, 6.45) is 9.80. The SMILES string of the molecule is CN=C(NCCc1cnn(C)c1)NCc1cccc(OC)c1OC1CCCC1.I.